The van der Waals surface area contributed by atoms with E-state index in [0.29, 0.717) is 24.5 Å². The molecule has 1 heterocycles. The molecule has 0 N–H and O–H groups in total. The Kier molecular flexibility index (Phi) is 7.56. The van der Waals surface area contributed by atoms with Gasteiger partial charge in [-0.15, -0.1) is 4.31 Å². The summed E-state index contributed by atoms with van der Waals surface area (Å²) in [6.45, 7) is 4.72. The van der Waals surface area contributed by atoms with Crippen LogP contribution in [-0.2, 0) is 20.9 Å². The van der Waals surface area contributed by atoms with Crippen LogP contribution < -0.4 is 0 Å². The molecule has 0 aromatic heterocycles. The largest absolute Gasteiger partial charge is 0.598 e. The van der Waals surface area contributed by atoms with Crippen LogP contribution in [-0.4, -0.2) is 39.8 Å². The zero-order valence-corrected chi connectivity index (χ0v) is 15.1. The van der Waals surface area contributed by atoms with Gasteiger partial charge in [-0.05, 0) is 18.9 Å². The maximum Gasteiger partial charge on any atom is 0.335 e. The van der Waals surface area contributed by atoms with E-state index >= 15 is 0 Å². The second kappa shape index (κ2) is 9.67. The first-order chi connectivity index (χ1) is 11.7. The molecule has 0 amide bonds. The maximum absolute atomic E-state index is 12.6. The molecule has 2 rings (SSSR count). The van der Waals surface area contributed by atoms with Gasteiger partial charge in [-0.1, -0.05) is 61.9 Å². The molecule has 1 aliphatic rings. The summed E-state index contributed by atoms with van der Waals surface area (Å²) in [5.74, 6) is 0.297. The van der Waals surface area contributed by atoms with E-state index in [1.165, 1.54) is 0 Å². The smallest absolute Gasteiger partial charge is 0.335 e. The van der Waals surface area contributed by atoms with Crippen LogP contribution in [0.25, 0.3) is 6.08 Å². The lowest BCUT2D eigenvalue weighted by Gasteiger charge is -2.25. The lowest BCUT2D eigenvalue weighted by molar-refractivity contribution is -0.138. The molecule has 0 saturated heterocycles. The number of unbranched alkanes of at least 4 members (excludes halogenated alkanes) is 1. The summed E-state index contributed by atoms with van der Waals surface area (Å²) in [5.41, 5.74) is 1.63. The average Bonchev–Trinajstić information content (AvgIpc) is 3.03. The van der Waals surface area contributed by atoms with Crippen molar-refractivity contribution in [2.75, 3.05) is 18.9 Å². The van der Waals surface area contributed by atoms with Crippen molar-refractivity contribution in [3.05, 3.63) is 53.6 Å². The molecule has 0 aliphatic carbocycles. The molecule has 1 aromatic rings. The van der Waals surface area contributed by atoms with Crippen LogP contribution in [0, 0.1) is 0 Å². The van der Waals surface area contributed by atoms with Gasteiger partial charge in [0.25, 0.3) is 0 Å². The average molecular weight is 347 g/mol. The molecule has 4 nitrogen and oxygen atoms in total. The standard InChI is InChI=1S/C19H25NO3S/c1-3-5-15-24(22)20-14-13-17(19(21)23-4-2)18(20)12-11-16-9-7-6-8-10-16/h6-13,18H,3-5,14-15H2,1-2H3/b12-11+/t18-,24+/m1/s1. The minimum absolute atomic E-state index is 0.304. The van der Waals surface area contributed by atoms with Crippen LogP contribution in [0.4, 0.5) is 0 Å². The third-order valence-corrected chi connectivity index (χ3v) is 5.37. The first-order valence-corrected chi connectivity index (χ1v) is 9.70. The normalized spacial score (nSPS) is 19.5. The van der Waals surface area contributed by atoms with E-state index in [9.17, 15) is 9.35 Å². The van der Waals surface area contributed by atoms with Gasteiger partial charge < -0.3 is 9.29 Å². The van der Waals surface area contributed by atoms with Gasteiger partial charge >= 0.3 is 5.97 Å². The van der Waals surface area contributed by atoms with Crippen LogP contribution in [0.2, 0.25) is 0 Å². The molecule has 0 unspecified atom stereocenters. The topological polar surface area (TPSA) is 52.6 Å². The predicted octanol–water partition coefficient (Wildman–Crippen LogP) is 3.34. The maximum atomic E-state index is 12.6. The Morgan fingerprint density at radius 2 is 2.12 bits per heavy atom. The Morgan fingerprint density at radius 1 is 1.38 bits per heavy atom. The number of hydrogen-bond donors (Lipinski definition) is 0. The van der Waals surface area contributed by atoms with Gasteiger partial charge in [0.05, 0.1) is 18.7 Å². The van der Waals surface area contributed by atoms with Crippen molar-refractivity contribution < 1.29 is 14.1 Å². The summed E-state index contributed by atoms with van der Waals surface area (Å²) in [7, 11) is 0. The quantitative estimate of drug-likeness (QED) is 0.535. The molecule has 130 valence electrons. The first kappa shape index (κ1) is 18.8. The molecular formula is C19H25NO3S. The summed E-state index contributed by atoms with van der Waals surface area (Å²) in [6, 6.07) is 9.58. The Bertz CT molecular complexity index is 586. The van der Waals surface area contributed by atoms with E-state index < -0.39 is 11.4 Å². The highest BCUT2D eigenvalue weighted by Crippen LogP contribution is 2.26. The number of carbonyl (C=O) groups is 1. The number of nitrogens with zero attached hydrogens (tertiary/aromatic N) is 1. The Balaban J connectivity index is 2.17. The Labute approximate surface area is 147 Å². The summed E-state index contributed by atoms with van der Waals surface area (Å²) in [6.07, 6.45) is 7.65. The summed E-state index contributed by atoms with van der Waals surface area (Å²) in [5, 5.41) is 0. The summed E-state index contributed by atoms with van der Waals surface area (Å²) < 4.78 is 19.6. The van der Waals surface area contributed by atoms with E-state index in [4.69, 9.17) is 4.74 Å². The molecule has 0 saturated carbocycles. The minimum Gasteiger partial charge on any atom is -0.598 e. The number of ether oxygens (including phenoxy) is 1. The molecule has 0 bridgehead atoms. The van der Waals surface area contributed by atoms with E-state index in [0.717, 1.165) is 18.4 Å². The number of rotatable bonds is 8. The van der Waals surface area contributed by atoms with Crippen molar-refractivity contribution in [2.45, 2.75) is 32.7 Å². The second-order valence-electron chi connectivity index (χ2n) is 5.57. The highest BCUT2D eigenvalue weighted by molar-refractivity contribution is 7.89. The van der Waals surface area contributed by atoms with Gasteiger partial charge in [-0.3, -0.25) is 0 Å². The van der Waals surface area contributed by atoms with Gasteiger partial charge in [-0.2, -0.15) is 0 Å². The third-order valence-electron chi connectivity index (χ3n) is 3.84. The monoisotopic (exact) mass is 347 g/mol. The van der Waals surface area contributed by atoms with Crippen molar-refractivity contribution >= 4 is 23.4 Å². The fourth-order valence-corrected chi connectivity index (χ4v) is 4.01. The van der Waals surface area contributed by atoms with Crippen LogP contribution >= 0.6 is 0 Å². The van der Waals surface area contributed by atoms with Crippen molar-refractivity contribution in [1.29, 1.82) is 0 Å². The zero-order valence-electron chi connectivity index (χ0n) is 14.3. The van der Waals surface area contributed by atoms with E-state index in [1.54, 1.807) is 6.92 Å². The van der Waals surface area contributed by atoms with Crippen LogP contribution in [0.1, 0.15) is 32.3 Å². The minimum atomic E-state index is -1.10. The van der Waals surface area contributed by atoms with Crippen molar-refractivity contribution in [1.82, 2.24) is 4.31 Å². The molecule has 1 aromatic carbocycles. The summed E-state index contributed by atoms with van der Waals surface area (Å²) in [4.78, 5) is 12.2. The van der Waals surface area contributed by atoms with Gasteiger partial charge in [0.15, 0.2) is 0 Å². The molecule has 1 aliphatic heterocycles. The summed E-state index contributed by atoms with van der Waals surface area (Å²) >= 11 is -1.10. The van der Waals surface area contributed by atoms with Gasteiger partial charge in [0.2, 0.25) is 0 Å². The molecule has 24 heavy (non-hydrogen) atoms. The van der Waals surface area contributed by atoms with Crippen LogP contribution in [0.15, 0.2) is 48.1 Å². The molecule has 5 heteroatoms. The molecule has 2 atom stereocenters. The predicted molar refractivity (Wildman–Crippen MR) is 98.6 cm³/mol. The second-order valence-corrected chi connectivity index (χ2v) is 7.09. The van der Waals surface area contributed by atoms with Crippen molar-refractivity contribution in [3.63, 3.8) is 0 Å². The third kappa shape index (κ3) is 4.97. The van der Waals surface area contributed by atoms with E-state index in [1.807, 2.05) is 52.9 Å². The highest BCUT2D eigenvalue weighted by Gasteiger charge is 2.37. The van der Waals surface area contributed by atoms with Gasteiger partial charge in [0.1, 0.15) is 11.8 Å². The SMILES string of the molecule is CCCC[S@+]([O-])N1CC=C(C(=O)OCC)[C@H]1/C=C/c1ccccc1. The van der Waals surface area contributed by atoms with Gasteiger partial charge in [-0.25, -0.2) is 4.79 Å². The first-order valence-electron chi connectivity index (χ1n) is 8.43. The highest BCUT2D eigenvalue weighted by atomic mass is 32.2. The Morgan fingerprint density at radius 3 is 2.79 bits per heavy atom. The number of hydrogen-bond acceptors (Lipinski definition) is 4. The lowest BCUT2D eigenvalue weighted by atomic mass is 10.1. The molecular weight excluding hydrogens is 322 g/mol. The molecule has 0 fully saturated rings. The number of benzene rings is 1. The van der Waals surface area contributed by atoms with E-state index in [2.05, 4.69) is 6.92 Å². The fraction of sp³-hybridized carbons (Fsp3) is 0.421. The fourth-order valence-electron chi connectivity index (χ4n) is 2.56. The van der Waals surface area contributed by atoms with Crippen LogP contribution in [0.5, 0.6) is 0 Å². The molecule has 0 spiro atoms. The van der Waals surface area contributed by atoms with E-state index in [-0.39, 0.29) is 12.0 Å². The zero-order chi connectivity index (χ0) is 17.4. The number of carbonyl (C=O) groups excluding carboxylic acids is 1. The van der Waals surface area contributed by atoms with Crippen LogP contribution in [0.3, 0.4) is 0 Å². The molecule has 0 radical (unpaired) electrons. The Hall–Kier alpha value is -1.56. The van der Waals surface area contributed by atoms with Crippen molar-refractivity contribution in [3.8, 4) is 0 Å². The van der Waals surface area contributed by atoms with Crippen molar-refractivity contribution in [2.24, 2.45) is 0 Å². The number of esters is 1. The van der Waals surface area contributed by atoms with Gasteiger partial charge in [0, 0.05) is 11.4 Å². The lowest BCUT2D eigenvalue weighted by Crippen LogP contribution is -2.39.